The topological polar surface area (TPSA) is 115 Å². The van der Waals surface area contributed by atoms with Gasteiger partial charge in [-0.05, 0) is 44.0 Å². The van der Waals surface area contributed by atoms with Crippen LogP contribution in [0.15, 0.2) is 53.6 Å². The fourth-order valence-electron chi connectivity index (χ4n) is 2.78. The molecule has 3 aromatic rings. The number of ketones is 1. The lowest BCUT2D eigenvalue weighted by Crippen LogP contribution is -2.25. The summed E-state index contributed by atoms with van der Waals surface area (Å²) in [5, 5.41) is 0. The molecule has 0 radical (unpaired) electrons. The van der Waals surface area contributed by atoms with E-state index in [0.717, 1.165) is 12.8 Å². The van der Waals surface area contributed by atoms with Crippen LogP contribution >= 0.6 is 0 Å². The summed E-state index contributed by atoms with van der Waals surface area (Å²) >= 11 is 0. The summed E-state index contributed by atoms with van der Waals surface area (Å²) in [6, 6.07) is 11.4. The Kier molecular flexibility index (Phi) is 5.16. The number of hydrogen-bond donors (Lipinski definition) is 1. The lowest BCUT2D eigenvalue weighted by molar-refractivity contribution is 0.0990. The third-order valence-corrected chi connectivity index (χ3v) is 5.93. The highest BCUT2D eigenvalue weighted by Crippen LogP contribution is 2.22. The number of nitrogens with zero attached hydrogens (tertiary/aromatic N) is 4. The number of carbonyl (C=O) groups is 1. The smallest absolute Gasteiger partial charge is 0.240 e. The van der Waals surface area contributed by atoms with Crippen LogP contribution in [-0.2, 0) is 16.4 Å². The average Bonchev–Trinajstić information content (AvgIpc) is 3.51. The number of Topliss-reactive ketones (excluding diaryl/α,β-unsaturated/α-hetero) is 1. The van der Waals surface area contributed by atoms with Crippen LogP contribution < -0.4 is 4.72 Å². The van der Waals surface area contributed by atoms with Gasteiger partial charge in [0.05, 0.1) is 11.3 Å². The van der Waals surface area contributed by atoms with Gasteiger partial charge >= 0.3 is 0 Å². The first-order chi connectivity index (χ1) is 13.9. The molecule has 0 saturated heterocycles. The minimum absolute atomic E-state index is 0.0182. The van der Waals surface area contributed by atoms with Crippen molar-refractivity contribution in [2.45, 2.75) is 37.1 Å². The van der Waals surface area contributed by atoms with Crippen LogP contribution in [-0.4, -0.2) is 40.2 Å². The molecule has 148 valence electrons. The van der Waals surface area contributed by atoms with Crippen molar-refractivity contribution >= 4 is 15.8 Å². The Morgan fingerprint density at radius 1 is 1.07 bits per heavy atom. The van der Waals surface area contributed by atoms with Gasteiger partial charge in [0.1, 0.15) is 17.3 Å². The highest BCUT2D eigenvalue weighted by atomic mass is 32.2. The Morgan fingerprint density at radius 2 is 1.83 bits per heavy atom. The molecule has 4 rings (SSSR count). The van der Waals surface area contributed by atoms with Crippen molar-refractivity contribution in [2.75, 3.05) is 0 Å². The van der Waals surface area contributed by atoms with Gasteiger partial charge in [0.25, 0.3) is 0 Å². The lowest BCUT2D eigenvalue weighted by Gasteiger charge is -2.07. The summed E-state index contributed by atoms with van der Waals surface area (Å²) in [7, 11) is -3.54. The summed E-state index contributed by atoms with van der Waals surface area (Å²) in [5.74, 6) is 1.04. The molecule has 0 unspecified atom stereocenters. The van der Waals surface area contributed by atoms with Gasteiger partial charge in [-0.15, -0.1) is 0 Å². The molecule has 29 heavy (non-hydrogen) atoms. The van der Waals surface area contributed by atoms with E-state index >= 15 is 0 Å². The lowest BCUT2D eigenvalue weighted by atomic mass is 10.1. The van der Waals surface area contributed by atoms with E-state index < -0.39 is 10.0 Å². The molecule has 0 atom stereocenters. The predicted molar refractivity (Wildman–Crippen MR) is 106 cm³/mol. The Labute approximate surface area is 168 Å². The van der Waals surface area contributed by atoms with E-state index in [1.165, 1.54) is 24.3 Å². The molecule has 2 heterocycles. The molecule has 8 nitrogen and oxygen atoms in total. The molecule has 1 N–H and O–H groups in total. The van der Waals surface area contributed by atoms with E-state index in [1.807, 2.05) is 6.07 Å². The number of nitrogens with one attached hydrogen (secondary N) is 1. The summed E-state index contributed by atoms with van der Waals surface area (Å²) in [4.78, 5) is 29.9. The maximum Gasteiger partial charge on any atom is 0.240 e. The maximum atomic E-state index is 12.6. The van der Waals surface area contributed by atoms with Crippen LogP contribution in [0.3, 0.4) is 0 Å². The van der Waals surface area contributed by atoms with Crippen molar-refractivity contribution in [1.29, 1.82) is 0 Å². The van der Waals surface area contributed by atoms with Gasteiger partial charge in [-0.3, -0.25) is 9.78 Å². The maximum absolute atomic E-state index is 12.6. The van der Waals surface area contributed by atoms with Crippen molar-refractivity contribution in [3.05, 3.63) is 65.9 Å². The van der Waals surface area contributed by atoms with Gasteiger partial charge in [0.15, 0.2) is 11.6 Å². The molecule has 0 amide bonds. The van der Waals surface area contributed by atoms with Crippen LogP contribution in [0.1, 0.15) is 34.8 Å². The number of rotatable bonds is 7. The highest BCUT2D eigenvalue weighted by molar-refractivity contribution is 7.89. The fraction of sp³-hybridized carbons (Fsp3) is 0.250. The van der Waals surface area contributed by atoms with Crippen LogP contribution in [0.2, 0.25) is 0 Å². The van der Waals surface area contributed by atoms with Crippen LogP contribution in [0.4, 0.5) is 0 Å². The Hall–Kier alpha value is -3.04. The first kappa shape index (κ1) is 19.3. The molecular weight excluding hydrogens is 390 g/mol. The number of sulfonamides is 1. The SMILES string of the molecule is Cc1nc(CC(=O)c2ccc(S(=O)(=O)NC3CC3)cc2)nc(-c2ccccn2)n1. The zero-order chi connectivity index (χ0) is 20.4. The second-order valence-corrected chi connectivity index (χ2v) is 8.57. The standard InChI is InChI=1S/C20H19N5O3S/c1-13-22-19(24-20(23-13)17-4-2-3-11-21-17)12-18(26)14-5-9-16(10-6-14)29(27,28)25-15-7-8-15/h2-6,9-11,15,25H,7-8,12H2,1H3. The average molecular weight is 409 g/mol. The molecule has 0 spiro atoms. The Balaban J connectivity index is 1.51. The monoisotopic (exact) mass is 409 g/mol. The first-order valence-corrected chi connectivity index (χ1v) is 10.7. The first-order valence-electron chi connectivity index (χ1n) is 9.19. The van der Waals surface area contributed by atoms with E-state index in [-0.39, 0.29) is 23.1 Å². The zero-order valence-electron chi connectivity index (χ0n) is 15.7. The minimum Gasteiger partial charge on any atom is -0.294 e. The predicted octanol–water partition coefficient (Wildman–Crippen LogP) is 2.11. The Morgan fingerprint density at radius 3 is 2.48 bits per heavy atom. The van der Waals surface area contributed by atoms with E-state index in [2.05, 4.69) is 24.7 Å². The van der Waals surface area contributed by atoms with Crippen LogP contribution in [0, 0.1) is 6.92 Å². The summed E-state index contributed by atoms with van der Waals surface area (Å²) in [5.41, 5.74) is 0.997. The van der Waals surface area contributed by atoms with Gasteiger partial charge in [-0.25, -0.2) is 28.1 Å². The molecule has 0 aliphatic heterocycles. The normalized spacial score (nSPS) is 14.0. The van der Waals surface area contributed by atoms with Gasteiger partial charge < -0.3 is 0 Å². The van der Waals surface area contributed by atoms with Gasteiger partial charge in [0.2, 0.25) is 10.0 Å². The van der Waals surface area contributed by atoms with Crippen molar-refractivity contribution < 1.29 is 13.2 Å². The summed E-state index contributed by atoms with van der Waals surface area (Å²) in [6.45, 7) is 1.73. The number of aryl methyl sites for hydroxylation is 1. The molecule has 1 aromatic carbocycles. The number of carbonyl (C=O) groups excluding carboxylic acids is 1. The van der Waals surface area contributed by atoms with E-state index in [1.54, 1.807) is 25.3 Å². The second kappa shape index (κ2) is 7.76. The van der Waals surface area contributed by atoms with E-state index in [0.29, 0.717) is 28.7 Å². The van der Waals surface area contributed by atoms with Gasteiger partial charge in [0, 0.05) is 17.8 Å². The number of pyridine rings is 1. The third-order valence-electron chi connectivity index (χ3n) is 4.39. The Bertz CT molecular complexity index is 1140. The number of aromatic nitrogens is 4. The molecule has 0 bridgehead atoms. The van der Waals surface area contributed by atoms with Crippen LogP contribution in [0.5, 0.6) is 0 Å². The molecule has 2 aromatic heterocycles. The van der Waals surface area contributed by atoms with Gasteiger partial charge in [-0.2, -0.15) is 0 Å². The molecule has 1 aliphatic carbocycles. The van der Waals surface area contributed by atoms with Crippen molar-refractivity contribution in [3.63, 3.8) is 0 Å². The van der Waals surface area contributed by atoms with E-state index in [9.17, 15) is 13.2 Å². The number of benzene rings is 1. The van der Waals surface area contributed by atoms with Crippen molar-refractivity contribution in [3.8, 4) is 11.5 Å². The highest BCUT2D eigenvalue weighted by Gasteiger charge is 2.28. The molecule has 1 saturated carbocycles. The molecule has 9 heteroatoms. The minimum atomic E-state index is -3.54. The zero-order valence-corrected chi connectivity index (χ0v) is 16.6. The second-order valence-electron chi connectivity index (χ2n) is 6.86. The van der Waals surface area contributed by atoms with Crippen molar-refractivity contribution in [2.24, 2.45) is 0 Å². The quantitative estimate of drug-likeness (QED) is 0.594. The summed E-state index contributed by atoms with van der Waals surface area (Å²) in [6.07, 6.45) is 3.35. The van der Waals surface area contributed by atoms with E-state index in [4.69, 9.17) is 0 Å². The molecule has 1 fully saturated rings. The van der Waals surface area contributed by atoms with Crippen molar-refractivity contribution in [1.82, 2.24) is 24.7 Å². The molecular formula is C20H19N5O3S. The third kappa shape index (κ3) is 4.69. The fourth-order valence-corrected chi connectivity index (χ4v) is 4.09. The van der Waals surface area contributed by atoms with Crippen LogP contribution in [0.25, 0.3) is 11.5 Å². The summed E-state index contributed by atoms with van der Waals surface area (Å²) < 4.78 is 27.1. The number of hydrogen-bond acceptors (Lipinski definition) is 7. The largest absolute Gasteiger partial charge is 0.294 e. The molecule has 1 aliphatic rings. The van der Waals surface area contributed by atoms with Gasteiger partial charge in [-0.1, -0.05) is 18.2 Å².